The van der Waals surface area contributed by atoms with Gasteiger partial charge in [0.05, 0.1) is 11.5 Å². The summed E-state index contributed by atoms with van der Waals surface area (Å²) in [5, 5.41) is 11.1. The van der Waals surface area contributed by atoms with Crippen molar-refractivity contribution in [2.24, 2.45) is 11.5 Å². The van der Waals surface area contributed by atoms with Gasteiger partial charge in [-0.15, -0.1) is 0 Å². The number of amides is 2. The smallest absolute Gasteiger partial charge is 0.265 e. The number of hydrogen-bond donors (Lipinski definition) is 3. The highest BCUT2D eigenvalue weighted by atomic mass is 32.2. The lowest BCUT2D eigenvalue weighted by atomic mass is 9.95. The van der Waals surface area contributed by atoms with Crippen LogP contribution < -0.4 is 16.2 Å². The largest absolute Gasteiger partial charge is 0.489 e. The standard InChI is InChI=1S/C21H24FN3O6S/c22-16-3-1-14(2-4-16)13-31-17-5-6-18(19(23)26)15(11-17)12-21(28,20(24)27)25-7-9-32(29,30)10-8-25/h1-6,11,28H,7-10,12-13H2,(H2,23,26)(H2,24,27)/t21-/m0/s1. The number of nitrogens with two attached hydrogens (primary N) is 2. The number of primary amides is 2. The molecule has 5 N–H and O–H groups in total. The van der Waals surface area contributed by atoms with E-state index in [4.69, 9.17) is 16.2 Å². The zero-order valence-electron chi connectivity index (χ0n) is 17.2. The van der Waals surface area contributed by atoms with Crippen molar-refractivity contribution in [3.05, 3.63) is 65.0 Å². The van der Waals surface area contributed by atoms with Crippen LogP contribution in [0.1, 0.15) is 21.5 Å². The minimum absolute atomic E-state index is 0.0587. The lowest BCUT2D eigenvalue weighted by Gasteiger charge is -2.39. The molecule has 2 aromatic rings. The highest BCUT2D eigenvalue weighted by Gasteiger charge is 2.43. The molecule has 9 nitrogen and oxygen atoms in total. The zero-order valence-corrected chi connectivity index (χ0v) is 18.0. The molecule has 2 amide bonds. The van der Waals surface area contributed by atoms with Gasteiger partial charge in [-0.3, -0.25) is 14.5 Å². The van der Waals surface area contributed by atoms with Crippen LogP contribution >= 0.6 is 0 Å². The third-order valence-electron chi connectivity index (χ3n) is 5.36. The molecular formula is C21H24FN3O6S. The molecule has 0 aliphatic carbocycles. The van der Waals surface area contributed by atoms with Crippen LogP contribution in [-0.4, -0.2) is 60.6 Å². The first-order valence-corrected chi connectivity index (χ1v) is 11.6. The third kappa shape index (κ3) is 5.42. The Bertz CT molecular complexity index is 1110. The summed E-state index contributed by atoms with van der Waals surface area (Å²) in [4.78, 5) is 25.4. The average Bonchev–Trinajstić information content (AvgIpc) is 2.73. The first-order chi connectivity index (χ1) is 15.0. The van der Waals surface area contributed by atoms with Gasteiger partial charge in [-0.25, -0.2) is 12.8 Å². The second-order valence-corrected chi connectivity index (χ2v) is 9.90. The van der Waals surface area contributed by atoms with Crippen molar-refractivity contribution >= 4 is 21.7 Å². The summed E-state index contributed by atoms with van der Waals surface area (Å²) in [7, 11) is -3.26. The van der Waals surface area contributed by atoms with Crippen molar-refractivity contribution in [1.82, 2.24) is 4.90 Å². The molecule has 0 aromatic heterocycles. The van der Waals surface area contributed by atoms with Gasteiger partial charge in [0.15, 0.2) is 9.84 Å². The summed E-state index contributed by atoms with van der Waals surface area (Å²) in [6.45, 7) is -0.0669. The van der Waals surface area contributed by atoms with Crippen molar-refractivity contribution in [3.8, 4) is 5.75 Å². The zero-order chi connectivity index (χ0) is 23.5. The summed E-state index contributed by atoms with van der Waals surface area (Å²) in [5.74, 6) is -2.37. The van der Waals surface area contributed by atoms with E-state index in [1.165, 1.54) is 35.2 Å². The number of sulfone groups is 1. The van der Waals surface area contributed by atoms with Gasteiger partial charge >= 0.3 is 0 Å². The van der Waals surface area contributed by atoms with Crippen molar-refractivity contribution in [3.63, 3.8) is 0 Å². The van der Waals surface area contributed by atoms with Gasteiger partial charge in [0, 0.05) is 25.1 Å². The Morgan fingerprint density at radius 1 is 1.09 bits per heavy atom. The van der Waals surface area contributed by atoms with Crippen LogP contribution in [0.2, 0.25) is 0 Å². The van der Waals surface area contributed by atoms with Crippen LogP contribution in [0.25, 0.3) is 0 Å². The van der Waals surface area contributed by atoms with E-state index in [1.807, 2.05) is 0 Å². The van der Waals surface area contributed by atoms with Crippen LogP contribution in [0.3, 0.4) is 0 Å². The number of carbonyl (C=O) groups is 2. The van der Waals surface area contributed by atoms with Crippen molar-refractivity contribution in [2.45, 2.75) is 18.8 Å². The van der Waals surface area contributed by atoms with E-state index in [0.29, 0.717) is 11.3 Å². The summed E-state index contributed by atoms with van der Waals surface area (Å²) >= 11 is 0. The Labute approximate surface area is 184 Å². The summed E-state index contributed by atoms with van der Waals surface area (Å²) in [6.07, 6.45) is -0.394. The first-order valence-electron chi connectivity index (χ1n) is 9.78. The number of halogens is 1. The molecule has 1 saturated heterocycles. The molecule has 3 rings (SSSR count). The minimum Gasteiger partial charge on any atom is -0.489 e. The van der Waals surface area contributed by atoms with Gasteiger partial charge in [0.1, 0.15) is 18.2 Å². The summed E-state index contributed by atoms with van der Waals surface area (Å²) in [5.41, 5.74) is 9.67. The predicted octanol–water partition coefficient (Wildman–Crippen LogP) is -0.0496. The van der Waals surface area contributed by atoms with E-state index in [9.17, 15) is 27.5 Å². The fourth-order valence-corrected chi connectivity index (χ4v) is 4.70. The molecule has 0 radical (unpaired) electrons. The van der Waals surface area contributed by atoms with Crippen molar-refractivity contribution in [2.75, 3.05) is 24.6 Å². The molecule has 32 heavy (non-hydrogen) atoms. The van der Waals surface area contributed by atoms with Gasteiger partial charge in [0.25, 0.3) is 5.91 Å². The number of aliphatic hydroxyl groups is 1. The van der Waals surface area contributed by atoms with E-state index in [-0.39, 0.29) is 48.1 Å². The molecule has 172 valence electrons. The molecule has 0 saturated carbocycles. The maximum atomic E-state index is 13.1. The summed E-state index contributed by atoms with van der Waals surface area (Å²) < 4.78 is 42.2. The topological polar surface area (TPSA) is 153 Å². The molecule has 0 bridgehead atoms. The SMILES string of the molecule is NC(=O)c1ccc(OCc2ccc(F)cc2)cc1C[C@](O)(C(N)=O)N1CCS(=O)(=O)CC1. The Kier molecular flexibility index (Phi) is 6.82. The van der Waals surface area contributed by atoms with Gasteiger partial charge in [-0.05, 0) is 41.5 Å². The van der Waals surface area contributed by atoms with Crippen molar-refractivity contribution < 1.29 is 32.2 Å². The molecule has 1 heterocycles. The Morgan fingerprint density at radius 2 is 1.72 bits per heavy atom. The highest BCUT2D eigenvalue weighted by Crippen LogP contribution is 2.26. The van der Waals surface area contributed by atoms with Gasteiger partial charge in [0.2, 0.25) is 11.6 Å². The first kappa shape index (κ1) is 23.6. The van der Waals surface area contributed by atoms with E-state index in [1.54, 1.807) is 12.1 Å². The molecule has 1 atom stereocenters. The highest BCUT2D eigenvalue weighted by molar-refractivity contribution is 7.91. The predicted molar refractivity (Wildman–Crippen MR) is 114 cm³/mol. The number of rotatable bonds is 8. The Hall–Kier alpha value is -3.02. The van der Waals surface area contributed by atoms with Gasteiger partial charge in [-0.2, -0.15) is 0 Å². The number of carbonyl (C=O) groups excluding carboxylic acids is 2. The number of hydrogen-bond acceptors (Lipinski definition) is 7. The minimum atomic E-state index is -3.26. The van der Waals surface area contributed by atoms with Crippen LogP contribution in [0, 0.1) is 5.82 Å². The van der Waals surface area contributed by atoms with Gasteiger partial charge in [-0.1, -0.05) is 12.1 Å². The van der Waals surface area contributed by atoms with E-state index >= 15 is 0 Å². The summed E-state index contributed by atoms with van der Waals surface area (Å²) in [6, 6.07) is 10.1. The molecule has 1 aliphatic heterocycles. The molecule has 1 fully saturated rings. The molecule has 1 aliphatic rings. The lowest BCUT2D eigenvalue weighted by molar-refractivity contribution is -0.159. The Balaban J connectivity index is 1.86. The maximum absolute atomic E-state index is 13.1. The average molecular weight is 466 g/mol. The van der Waals surface area contributed by atoms with E-state index < -0.39 is 33.8 Å². The van der Waals surface area contributed by atoms with Crippen LogP contribution in [0.5, 0.6) is 5.75 Å². The molecule has 0 spiro atoms. The molecule has 0 unspecified atom stereocenters. The number of benzene rings is 2. The Morgan fingerprint density at radius 3 is 2.28 bits per heavy atom. The van der Waals surface area contributed by atoms with Crippen LogP contribution in [-0.2, 0) is 27.7 Å². The maximum Gasteiger partial charge on any atom is 0.265 e. The second kappa shape index (κ2) is 9.23. The van der Waals surface area contributed by atoms with Crippen LogP contribution in [0.4, 0.5) is 4.39 Å². The fraction of sp³-hybridized carbons (Fsp3) is 0.333. The molecule has 11 heteroatoms. The lowest BCUT2D eigenvalue weighted by Crippen LogP contribution is -2.62. The van der Waals surface area contributed by atoms with Crippen LogP contribution in [0.15, 0.2) is 42.5 Å². The number of ether oxygens (including phenoxy) is 1. The van der Waals surface area contributed by atoms with Crippen molar-refractivity contribution in [1.29, 1.82) is 0 Å². The monoisotopic (exact) mass is 465 g/mol. The normalized spacial score (nSPS) is 17.9. The quantitative estimate of drug-likeness (QED) is 0.494. The van der Waals surface area contributed by atoms with Gasteiger partial charge < -0.3 is 21.3 Å². The number of nitrogens with zero attached hydrogens (tertiary/aromatic N) is 1. The molecular weight excluding hydrogens is 441 g/mol. The third-order valence-corrected chi connectivity index (χ3v) is 6.97. The fourth-order valence-electron chi connectivity index (χ4n) is 3.50. The van der Waals surface area contributed by atoms with E-state index in [2.05, 4.69) is 0 Å². The molecule has 2 aromatic carbocycles. The van der Waals surface area contributed by atoms with E-state index in [0.717, 1.165) is 0 Å². The second-order valence-electron chi connectivity index (χ2n) is 7.59.